The molecule has 2 saturated heterocycles. The first-order valence-electron chi connectivity index (χ1n) is 11.2. The minimum atomic E-state index is -0.00645. The first-order chi connectivity index (χ1) is 15.0. The van der Waals surface area contributed by atoms with Gasteiger partial charge >= 0.3 is 0 Å². The average Bonchev–Trinajstić information content (AvgIpc) is 3.28. The van der Waals surface area contributed by atoms with Crippen molar-refractivity contribution in [1.29, 1.82) is 0 Å². The van der Waals surface area contributed by atoms with E-state index in [0.29, 0.717) is 6.54 Å². The summed E-state index contributed by atoms with van der Waals surface area (Å²) in [6.45, 7) is 11.7. The van der Waals surface area contributed by atoms with Crippen LogP contribution in [0.2, 0.25) is 0 Å². The number of hydrogen-bond donors (Lipinski definition) is 1. The first kappa shape index (κ1) is 22.0. The Balaban J connectivity index is 1.54. The van der Waals surface area contributed by atoms with Crippen molar-refractivity contribution in [1.82, 2.24) is 25.1 Å². The van der Waals surface area contributed by atoms with Crippen LogP contribution in [0.3, 0.4) is 0 Å². The minimum Gasteiger partial charge on any atom is -0.355 e. The first-order valence-corrected chi connectivity index (χ1v) is 12.0. The number of thiophene rings is 1. The predicted molar refractivity (Wildman–Crippen MR) is 127 cm³/mol. The molecule has 1 amide bonds. The lowest BCUT2D eigenvalue weighted by Gasteiger charge is -2.24. The molecule has 2 aromatic rings. The van der Waals surface area contributed by atoms with Gasteiger partial charge in [-0.05, 0) is 51.8 Å². The Hall–Kier alpha value is -2.21. The molecule has 0 spiro atoms. The van der Waals surface area contributed by atoms with E-state index in [2.05, 4.69) is 39.8 Å². The number of rotatable bonds is 6. The number of fused-ring (bicyclic) bond motifs is 1. The van der Waals surface area contributed by atoms with E-state index in [1.54, 1.807) is 11.3 Å². The number of aromatic nitrogens is 2. The van der Waals surface area contributed by atoms with Crippen LogP contribution in [0, 0.1) is 26.2 Å². The third-order valence-corrected chi connectivity index (χ3v) is 7.36. The van der Waals surface area contributed by atoms with Crippen molar-refractivity contribution in [3.63, 3.8) is 0 Å². The molecule has 4 rings (SSSR count). The van der Waals surface area contributed by atoms with Crippen LogP contribution < -0.4 is 10.2 Å². The van der Waals surface area contributed by atoms with Crippen LogP contribution >= 0.6 is 11.3 Å². The molecule has 4 heterocycles. The lowest BCUT2D eigenvalue weighted by atomic mass is 10.2. The lowest BCUT2D eigenvalue weighted by Crippen LogP contribution is -2.39. The molecule has 166 valence electrons. The van der Waals surface area contributed by atoms with Crippen molar-refractivity contribution < 1.29 is 4.79 Å². The molecule has 0 radical (unpaired) electrons. The molecular formula is C23H32N6OS. The van der Waals surface area contributed by atoms with E-state index in [0.717, 1.165) is 68.7 Å². The second-order valence-electron chi connectivity index (χ2n) is 8.51. The van der Waals surface area contributed by atoms with E-state index in [9.17, 15) is 4.79 Å². The number of likely N-dealkylation sites (tertiary alicyclic amines) is 1. The third-order valence-electron chi connectivity index (χ3n) is 6.26. The van der Waals surface area contributed by atoms with Crippen molar-refractivity contribution in [2.24, 2.45) is 0 Å². The van der Waals surface area contributed by atoms with Gasteiger partial charge in [0.2, 0.25) is 5.91 Å². The van der Waals surface area contributed by atoms with Gasteiger partial charge in [0.1, 0.15) is 16.5 Å². The monoisotopic (exact) mass is 440 g/mol. The number of anilines is 1. The summed E-state index contributed by atoms with van der Waals surface area (Å²) in [6.07, 6.45) is 8.77. The average molecular weight is 441 g/mol. The van der Waals surface area contributed by atoms with Crippen molar-refractivity contribution >= 4 is 33.3 Å². The van der Waals surface area contributed by atoms with Crippen molar-refractivity contribution in [2.75, 3.05) is 57.3 Å². The normalized spacial score (nSPS) is 18.3. The fourth-order valence-electron chi connectivity index (χ4n) is 4.46. The molecular weight excluding hydrogens is 408 g/mol. The summed E-state index contributed by atoms with van der Waals surface area (Å²) in [4.78, 5) is 31.6. The van der Waals surface area contributed by atoms with Gasteiger partial charge in [-0.1, -0.05) is 5.92 Å². The second kappa shape index (κ2) is 9.94. The van der Waals surface area contributed by atoms with Gasteiger partial charge in [0.15, 0.2) is 0 Å². The molecule has 7 nitrogen and oxygen atoms in total. The van der Waals surface area contributed by atoms with Crippen molar-refractivity contribution in [2.45, 2.75) is 39.7 Å². The van der Waals surface area contributed by atoms with E-state index in [1.807, 2.05) is 0 Å². The maximum absolute atomic E-state index is 12.1. The summed E-state index contributed by atoms with van der Waals surface area (Å²) in [7, 11) is 0. The highest BCUT2D eigenvalue weighted by atomic mass is 32.1. The highest BCUT2D eigenvalue weighted by molar-refractivity contribution is 7.18. The van der Waals surface area contributed by atoms with E-state index < -0.39 is 0 Å². The zero-order valence-corrected chi connectivity index (χ0v) is 19.4. The van der Waals surface area contributed by atoms with Gasteiger partial charge in [-0.2, -0.15) is 0 Å². The van der Waals surface area contributed by atoms with Crippen LogP contribution in [-0.4, -0.2) is 78.0 Å². The Morgan fingerprint density at radius 3 is 2.61 bits per heavy atom. The largest absolute Gasteiger partial charge is 0.355 e. The maximum atomic E-state index is 12.1. The minimum absolute atomic E-state index is 0.00645. The Kier molecular flexibility index (Phi) is 7.06. The maximum Gasteiger partial charge on any atom is 0.234 e. The van der Waals surface area contributed by atoms with E-state index in [1.165, 1.54) is 28.7 Å². The van der Waals surface area contributed by atoms with E-state index in [4.69, 9.17) is 16.4 Å². The van der Waals surface area contributed by atoms with Crippen molar-refractivity contribution in [3.8, 4) is 12.3 Å². The van der Waals surface area contributed by atoms with Gasteiger partial charge in [0, 0.05) is 31.1 Å². The molecule has 2 aliphatic rings. The summed E-state index contributed by atoms with van der Waals surface area (Å²) in [5, 5.41) is 3.97. The van der Waals surface area contributed by atoms with Gasteiger partial charge in [-0.15, -0.1) is 17.8 Å². The topological polar surface area (TPSA) is 64.6 Å². The number of terminal acetylenes is 1. The number of nitrogens with one attached hydrogen (secondary N) is 1. The Morgan fingerprint density at radius 2 is 1.84 bits per heavy atom. The van der Waals surface area contributed by atoms with Crippen LogP contribution in [0.25, 0.3) is 10.2 Å². The van der Waals surface area contributed by atoms with E-state index in [-0.39, 0.29) is 12.5 Å². The smallest absolute Gasteiger partial charge is 0.234 e. The number of carbonyl (C=O) groups excluding carboxylic acids is 1. The molecule has 0 bridgehead atoms. The van der Waals surface area contributed by atoms with Gasteiger partial charge in [-0.25, -0.2) is 9.97 Å². The molecule has 0 aromatic carbocycles. The standard InChI is InChI=1S/C23H32N6OS/c1-4-8-24-20(30)16-28-11-7-12-29(14-13-28)22-21-17(2)18(3)31-23(21)26-19(25-22)15-27-9-5-6-10-27/h1H,5-16H2,2-3H3,(H,24,30). The van der Waals surface area contributed by atoms with Gasteiger partial charge < -0.3 is 10.2 Å². The fourth-order valence-corrected chi connectivity index (χ4v) is 5.50. The predicted octanol–water partition coefficient (Wildman–Crippen LogP) is 2.17. The number of hydrogen-bond acceptors (Lipinski definition) is 7. The number of carbonyl (C=O) groups is 1. The summed E-state index contributed by atoms with van der Waals surface area (Å²) in [5.74, 6) is 4.45. The molecule has 0 saturated carbocycles. The lowest BCUT2D eigenvalue weighted by molar-refractivity contribution is -0.121. The summed E-state index contributed by atoms with van der Waals surface area (Å²) >= 11 is 1.77. The van der Waals surface area contributed by atoms with Crippen LogP contribution in [0.1, 0.15) is 35.5 Å². The molecule has 2 fully saturated rings. The van der Waals surface area contributed by atoms with Crippen LogP contribution in [0.4, 0.5) is 5.82 Å². The number of aryl methyl sites for hydroxylation is 2. The zero-order chi connectivity index (χ0) is 21.8. The zero-order valence-electron chi connectivity index (χ0n) is 18.6. The Morgan fingerprint density at radius 1 is 1.06 bits per heavy atom. The van der Waals surface area contributed by atoms with Gasteiger partial charge in [0.05, 0.1) is 25.0 Å². The van der Waals surface area contributed by atoms with Gasteiger partial charge in [0.25, 0.3) is 0 Å². The van der Waals surface area contributed by atoms with Crippen LogP contribution in [-0.2, 0) is 11.3 Å². The van der Waals surface area contributed by atoms with Crippen LogP contribution in [0.5, 0.6) is 0 Å². The molecule has 2 aliphatic heterocycles. The highest BCUT2D eigenvalue weighted by Gasteiger charge is 2.23. The SMILES string of the molecule is C#CCNC(=O)CN1CCCN(c2nc(CN3CCCC3)nc3sc(C)c(C)c23)CC1. The third kappa shape index (κ3) is 5.17. The van der Waals surface area contributed by atoms with Gasteiger partial charge in [-0.3, -0.25) is 14.6 Å². The number of amides is 1. The molecule has 1 N–H and O–H groups in total. The molecule has 2 aromatic heterocycles. The summed E-state index contributed by atoms with van der Waals surface area (Å²) in [5.41, 5.74) is 1.29. The molecule has 0 atom stereocenters. The van der Waals surface area contributed by atoms with E-state index >= 15 is 0 Å². The number of nitrogens with zero attached hydrogens (tertiary/aromatic N) is 5. The Bertz CT molecular complexity index is 975. The molecule has 8 heteroatoms. The van der Waals surface area contributed by atoms with Crippen LogP contribution in [0.15, 0.2) is 0 Å². The quantitative estimate of drug-likeness (QED) is 0.695. The molecule has 31 heavy (non-hydrogen) atoms. The van der Waals surface area contributed by atoms with Crippen molar-refractivity contribution in [3.05, 3.63) is 16.3 Å². The summed E-state index contributed by atoms with van der Waals surface area (Å²) in [6, 6.07) is 0. The molecule has 0 unspecified atom stereocenters. The fraction of sp³-hybridized carbons (Fsp3) is 0.609. The Labute approximate surface area is 188 Å². The second-order valence-corrected chi connectivity index (χ2v) is 9.71. The molecule has 0 aliphatic carbocycles. The highest BCUT2D eigenvalue weighted by Crippen LogP contribution is 2.35. The summed E-state index contributed by atoms with van der Waals surface area (Å²) < 4.78 is 0.